The fraction of sp³-hybridized carbons (Fsp3) is 0.500. The highest BCUT2D eigenvalue weighted by Gasteiger charge is 2.30. The molecule has 0 unspecified atom stereocenters. The molecule has 1 fully saturated rings. The van der Waals surface area contributed by atoms with Gasteiger partial charge in [0, 0.05) is 57.1 Å². The van der Waals surface area contributed by atoms with Crippen LogP contribution in [0.1, 0.15) is 10.4 Å². The average molecular weight is 377 g/mol. The molecule has 2 heterocycles. The van der Waals surface area contributed by atoms with E-state index in [4.69, 9.17) is 0 Å². The summed E-state index contributed by atoms with van der Waals surface area (Å²) in [6.45, 7) is 1.35. The minimum Gasteiger partial charge on any atom is -0.336 e. The standard InChI is InChI=1S/C12H17BrN4O3S/c1-15(2)21(19,20)17-5-3-16(4-6-17)12(18)10-7-11(13)9-14-8-10/h7-9H,3-6H2,1-2H3. The topological polar surface area (TPSA) is 73.8 Å². The van der Waals surface area contributed by atoms with E-state index in [1.54, 1.807) is 17.2 Å². The molecule has 0 spiro atoms. The molecule has 0 atom stereocenters. The molecule has 1 amide bonds. The second kappa shape index (κ2) is 6.39. The van der Waals surface area contributed by atoms with Gasteiger partial charge in [-0.05, 0) is 22.0 Å². The van der Waals surface area contributed by atoms with Gasteiger partial charge in [0.15, 0.2) is 0 Å². The SMILES string of the molecule is CN(C)S(=O)(=O)N1CCN(C(=O)c2cncc(Br)c2)CC1. The summed E-state index contributed by atoms with van der Waals surface area (Å²) in [6.07, 6.45) is 3.12. The number of hydrogen-bond donors (Lipinski definition) is 0. The summed E-state index contributed by atoms with van der Waals surface area (Å²) in [7, 11) is -0.412. The summed E-state index contributed by atoms with van der Waals surface area (Å²) in [4.78, 5) is 17.9. The fourth-order valence-electron chi connectivity index (χ4n) is 2.06. The summed E-state index contributed by atoms with van der Waals surface area (Å²) in [5, 5.41) is 0. The Morgan fingerprint density at radius 1 is 1.24 bits per heavy atom. The summed E-state index contributed by atoms with van der Waals surface area (Å²) >= 11 is 3.28. The van der Waals surface area contributed by atoms with Crippen molar-refractivity contribution in [1.82, 2.24) is 18.5 Å². The molecule has 1 aliphatic heterocycles. The van der Waals surface area contributed by atoms with E-state index in [0.717, 1.165) is 4.47 Å². The van der Waals surface area contributed by atoms with Crippen LogP contribution in [0.15, 0.2) is 22.9 Å². The molecule has 1 saturated heterocycles. The van der Waals surface area contributed by atoms with Gasteiger partial charge in [-0.1, -0.05) is 0 Å². The van der Waals surface area contributed by atoms with Crippen molar-refractivity contribution < 1.29 is 13.2 Å². The second-order valence-electron chi connectivity index (χ2n) is 4.87. The van der Waals surface area contributed by atoms with Crippen LogP contribution < -0.4 is 0 Å². The molecule has 0 aromatic carbocycles. The van der Waals surface area contributed by atoms with E-state index in [9.17, 15) is 13.2 Å². The zero-order valence-corrected chi connectivity index (χ0v) is 14.3. The van der Waals surface area contributed by atoms with Gasteiger partial charge < -0.3 is 4.90 Å². The maximum absolute atomic E-state index is 12.3. The number of aromatic nitrogens is 1. The van der Waals surface area contributed by atoms with E-state index in [1.807, 2.05) is 0 Å². The van der Waals surface area contributed by atoms with Gasteiger partial charge >= 0.3 is 0 Å². The lowest BCUT2D eigenvalue weighted by Gasteiger charge is -2.35. The number of hydrogen-bond acceptors (Lipinski definition) is 4. The average Bonchev–Trinajstić information content (AvgIpc) is 2.46. The van der Waals surface area contributed by atoms with Crippen molar-refractivity contribution in [1.29, 1.82) is 0 Å². The predicted octanol–water partition coefficient (Wildman–Crippen LogP) is 0.408. The van der Waals surface area contributed by atoms with Crippen LogP contribution in [0.2, 0.25) is 0 Å². The highest BCUT2D eigenvalue weighted by atomic mass is 79.9. The third-order valence-corrected chi connectivity index (χ3v) is 5.64. The molecule has 0 bridgehead atoms. The van der Waals surface area contributed by atoms with Crippen molar-refractivity contribution in [2.75, 3.05) is 40.3 Å². The minimum absolute atomic E-state index is 0.134. The van der Waals surface area contributed by atoms with Gasteiger partial charge in [0.1, 0.15) is 0 Å². The molecular formula is C12H17BrN4O3S. The molecule has 1 aromatic rings. The van der Waals surface area contributed by atoms with Crippen LogP contribution in [0.4, 0.5) is 0 Å². The van der Waals surface area contributed by atoms with Gasteiger partial charge in [-0.3, -0.25) is 9.78 Å². The maximum Gasteiger partial charge on any atom is 0.281 e. The van der Waals surface area contributed by atoms with Gasteiger partial charge in [0.25, 0.3) is 16.1 Å². The normalized spacial score (nSPS) is 17.2. The highest BCUT2D eigenvalue weighted by Crippen LogP contribution is 2.15. The van der Waals surface area contributed by atoms with E-state index in [-0.39, 0.29) is 5.91 Å². The predicted molar refractivity (Wildman–Crippen MR) is 82.0 cm³/mol. The van der Waals surface area contributed by atoms with Crippen LogP contribution in [-0.4, -0.2) is 73.1 Å². The Morgan fingerprint density at radius 2 is 1.86 bits per heavy atom. The zero-order chi connectivity index (χ0) is 15.6. The Balaban J connectivity index is 2.03. The molecule has 0 aliphatic carbocycles. The first kappa shape index (κ1) is 16.3. The zero-order valence-electron chi connectivity index (χ0n) is 11.9. The van der Waals surface area contributed by atoms with E-state index >= 15 is 0 Å². The Labute approximate surface area is 132 Å². The first-order valence-corrected chi connectivity index (χ1v) is 8.59. The molecule has 0 N–H and O–H groups in total. The summed E-state index contributed by atoms with van der Waals surface area (Å²) in [5.74, 6) is -0.134. The third-order valence-electron chi connectivity index (χ3n) is 3.27. The van der Waals surface area contributed by atoms with Crippen LogP contribution in [0.5, 0.6) is 0 Å². The lowest BCUT2D eigenvalue weighted by Crippen LogP contribution is -2.53. The number of halogens is 1. The first-order chi connectivity index (χ1) is 9.82. The smallest absolute Gasteiger partial charge is 0.281 e. The van der Waals surface area contributed by atoms with Gasteiger partial charge in [-0.25, -0.2) is 0 Å². The number of amides is 1. The van der Waals surface area contributed by atoms with Crippen molar-refractivity contribution in [3.8, 4) is 0 Å². The van der Waals surface area contributed by atoms with Crippen LogP contribution in [0, 0.1) is 0 Å². The first-order valence-electron chi connectivity index (χ1n) is 6.40. The molecule has 9 heteroatoms. The van der Waals surface area contributed by atoms with Crippen molar-refractivity contribution >= 4 is 32.0 Å². The second-order valence-corrected chi connectivity index (χ2v) is 7.93. The number of rotatable bonds is 3. The van der Waals surface area contributed by atoms with Crippen molar-refractivity contribution in [2.45, 2.75) is 0 Å². The van der Waals surface area contributed by atoms with E-state index in [2.05, 4.69) is 20.9 Å². The van der Waals surface area contributed by atoms with Crippen LogP contribution in [0.25, 0.3) is 0 Å². The monoisotopic (exact) mass is 376 g/mol. The lowest BCUT2D eigenvalue weighted by atomic mass is 10.2. The van der Waals surface area contributed by atoms with Gasteiger partial charge in [0.05, 0.1) is 5.56 Å². The fourth-order valence-corrected chi connectivity index (χ4v) is 3.52. The molecule has 2 rings (SSSR count). The van der Waals surface area contributed by atoms with Gasteiger partial charge in [-0.15, -0.1) is 0 Å². The molecule has 0 saturated carbocycles. The van der Waals surface area contributed by atoms with Gasteiger partial charge in [-0.2, -0.15) is 17.0 Å². The Kier molecular flexibility index (Phi) is 4.97. The van der Waals surface area contributed by atoms with E-state index in [0.29, 0.717) is 31.7 Å². The summed E-state index contributed by atoms with van der Waals surface area (Å²) < 4.78 is 27.3. The van der Waals surface area contributed by atoms with E-state index < -0.39 is 10.2 Å². The number of nitrogens with zero attached hydrogens (tertiary/aromatic N) is 4. The molecule has 1 aromatic heterocycles. The number of piperazine rings is 1. The van der Waals surface area contributed by atoms with Gasteiger partial charge in [0.2, 0.25) is 0 Å². The van der Waals surface area contributed by atoms with Crippen LogP contribution >= 0.6 is 15.9 Å². The number of carbonyl (C=O) groups excluding carboxylic acids is 1. The molecule has 21 heavy (non-hydrogen) atoms. The Hall–Kier alpha value is -1.03. The lowest BCUT2D eigenvalue weighted by molar-refractivity contribution is 0.0694. The van der Waals surface area contributed by atoms with Crippen molar-refractivity contribution in [3.63, 3.8) is 0 Å². The van der Waals surface area contributed by atoms with Crippen LogP contribution in [-0.2, 0) is 10.2 Å². The molecule has 116 valence electrons. The Morgan fingerprint density at radius 3 is 2.38 bits per heavy atom. The minimum atomic E-state index is -3.41. The quantitative estimate of drug-likeness (QED) is 0.765. The number of pyridine rings is 1. The maximum atomic E-state index is 12.3. The Bertz CT molecular complexity index is 627. The molecule has 7 nitrogen and oxygen atoms in total. The molecule has 0 radical (unpaired) electrons. The molecule has 1 aliphatic rings. The summed E-state index contributed by atoms with van der Waals surface area (Å²) in [6, 6.07) is 1.71. The largest absolute Gasteiger partial charge is 0.336 e. The number of carbonyl (C=O) groups is 1. The van der Waals surface area contributed by atoms with Crippen molar-refractivity contribution in [2.24, 2.45) is 0 Å². The van der Waals surface area contributed by atoms with E-state index in [1.165, 1.54) is 28.9 Å². The third kappa shape index (κ3) is 3.60. The molecular weight excluding hydrogens is 360 g/mol. The summed E-state index contributed by atoms with van der Waals surface area (Å²) in [5.41, 5.74) is 0.494. The van der Waals surface area contributed by atoms with Crippen LogP contribution in [0.3, 0.4) is 0 Å². The highest BCUT2D eigenvalue weighted by molar-refractivity contribution is 9.10. The van der Waals surface area contributed by atoms with Crippen molar-refractivity contribution in [3.05, 3.63) is 28.5 Å².